The largest absolute Gasteiger partial charge is 0.459 e. The van der Waals surface area contributed by atoms with Crippen molar-refractivity contribution in [2.45, 2.75) is 19.8 Å². The van der Waals surface area contributed by atoms with Gasteiger partial charge >= 0.3 is 6.09 Å². The predicted molar refractivity (Wildman–Crippen MR) is 109 cm³/mol. The summed E-state index contributed by atoms with van der Waals surface area (Å²) in [5.41, 5.74) is 0.214. The van der Waals surface area contributed by atoms with Gasteiger partial charge in [-0.15, -0.1) is 0 Å². The highest BCUT2D eigenvalue weighted by atomic mass is 16.6. The lowest BCUT2D eigenvalue weighted by molar-refractivity contribution is -0.137. The Bertz CT molecular complexity index is 947. The maximum atomic E-state index is 13.0. The number of carbonyl (C=O) groups is 2. The van der Waals surface area contributed by atoms with Crippen LogP contribution in [0.2, 0.25) is 0 Å². The number of anilines is 1. The minimum absolute atomic E-state index is 0.0802. The Hall–Kier alpha value is -3.48. The molecule has 0 atom stereocenters. The topological polar surface area (TPSA) is 116 Å². The van der Waals surface area contributed by atoms with Crippen LogP contribution in [0.5, 0.6) is 0 Å². The van der Waals surface area contributed by atoms with E-state index in [0.717, 1.165) is 0 Å². The molecular formula is C21H25N5O5. The first kappa shape index (κ1) is 20.8. The summed E-state index contributed by atoms with van der Waals surface area (Å²) in [6.07, 6.45) is 2.53. The van der Waals surface area contributed by atoms with Gasteiger partial charge in [-0.1, -0.05) is 0 Å². The Morgan fingerprint density at radius 3 is 2.52 bits per heavy atom. The summed E-state index contributed by atoms with van der Waals surface area (Å²) in [6.45, 7) is 5.33. The quantitative estimate of drug-likeness (QED) is 0.730. The van der Waals surface area contributed by atoms with Gasteiger partial charge in [0.05, 0.1) is 12.9 Å². The standard InChI is InChI=1S/C21H25N5O5/c1-2-29-21(28)26-11-9-24(10-12-26)19(27)15-5-7-25(8-6-15)20-16(14-22)23-18(31-20)17-4-3-13-30-17/h3-4,13,15H,2,5-12H2,1H3. The number of nitrogens with zero attached hydrogens (tertiary/aromatic N) is 5. The number of carbonyl (C=O) groups excluding carboxylic acids is 2. The maximum absolute atomic E-state index is 13.0. The molecule has 10 nitrogen and oxygen atoms in total. The van der Waals surface area contributed by atoms with E-state index in [9.17, 15) is 14.9 Å². The Morgan fingerprint density at radius 2 is 1.90 bits per heavy atom. The van der Waals surface area contributed by atoms with Gasteiger partial charge in [-0.2, -0.15) is 10.2 Å². The molecule has 4 rings (SSSR count). The molecule has 0 radical (unpaired) electrons. The molecule has 164 valence electrons. The van der Waals surface area contributed by atoms with Crippen molar-refractivity contribution in [2.24, 2.45) is 5.92 Å². The predicted octanol–water partition coefficient (Wildman–Crippen LogP) is 2.32. The number of oxazole rings is 1. The van der Waals surface area contributed by atoms with Gasteiger partial charge in [-0.05, 0) is 31.9 Å². The number of furan rings is 1. The van der Waals surface area contributed by atoms with E-state index in [-0.39, 0.29) is 29.5 Å². The zero-order valence-corrected chi connectivity index (χ0v) is 17.5. The smallest absolute Gasteiger partial charge is 0.409 e. The number of ether oxygens (including phenoxy) is 1. The van der Waals surface area contributed by atoms with Crippen LogP contribution >= 0.6 is 0 Å². The van der Waals surface area contributed by atoms with Crippen molar-refractivity contribution in [3.8, 4) is 17.7 Å². The number of piperidine rings is 1. The highest BCUT2D eigenvalue weighted by molar-refractivity contribution is 5.79. The molecule has 4 heterocycles. The third kappa shape index (κ3) is 4.35. The molecule has 2 saturated heterocycles. The van der Waals surface area contributed by atoms with E-state index in [1.165, 1.54) is 6.26 Å². The van der Waals surface area contributed by atoms with Crippen molar-refractivity contribution < 1.29 is 23.2 Å². The second-order valence-corrected chi connectivity index (χ2v) is 7.53. The average molecular weight is 427 g/mol. The molecule has 31 heavy (non-hydrogen) atoms. The van der Waals surface area contributed by atoms with Crippen LogP contribution in [0.25, 0.3) is 11.7 Å². The summed E-state index contributed by atoms with van der Waals surface area (Å²) < 4.78 is 16.1. The molecule has 0 unspecified atom stereocenters. The van der Waals surface area contributed by atoms with E-state index in [2.05, 4.69) is 11.1 Å². The van der Waals surface area contributed by atoms with Crippen LogP contribution in [0, 0.1) is 17.2 Å². The Morgan fingerprint density at radius 1 is 1.19 bits per heavy atom. The average Bonchev–Trinajstić information content (AvgIpc) is 3.49. The van der Waals surface area contributed by atoms with Gasteiger partial charge in [0.15, 0.2) is 5.76 Å². The molecule has 2 aromatic heterocycles. The highest BCUT2D eigenvalue weighted by Crippen LogP contribution is 2.31. The molecule has 2 aromatic rings. The first-order valence-corrected chi connectivity index (χ1v) is 10.5. The third-order valence-electron chi connectivity index (χ3n) is 5.70. The van der Waals surface area contributed by atoms with Crippen LogP contribution in [0.15, 0.2) is 27.2 Å². The van der Waals surface area contributed by atoms with Crippen molar-refractivity contribution in [1.29, 1.82) is 5.26 Å². The first-order chi connectivity index (χ1) is 15.1. The van der Waals surface area contributed by atoms with Gasteiger partial charge in [0, 0.05) is 45.2 Å². The summed E-state index contributed by atoms with van der Waals surface area (Å²) in [5, 5.41) is 9.44. The lowest BCUT2D eigenvalue weighted by Gasteiger charge is -2.38. The number of hydrogen-bond acceptors (Lipinski definition) is 8. The van der Waals surface area contributed by atoms with Gasteiger partial charge in [-0.25, -0.2) is 4.79 Å². The van der Waals surface area contributed by atoms with Crippen molar-refractivity contribution in [1.82, 2.24) is 14.8 Å². The van der Waals surface area contributed by atoms with E-state index in [4.69, 9.17) is 13.6 Å². The number of amides is 2. The first-order valence-electron chi connectivity index (χ1n) is 10.5. The van der Waals surface area contributed by atoms with Crippen molar-refractivity contribution in [3.05, 3.63) is 24.1 Å². The summed E-state index contributed by atoms with van der Waals surface area (Å²) in [4.78, 5) is 34.4. The summed E-state index contributed by atoms with van der Waals surface area (Å²) in [5.74, 6) is 1.20. The zero-order valence-electron chi connectivity index (χ0n) is 17.5. The normalized spacial score (nSPS) is 17.5. The molecule has 2 amide bonds. The van der Waals surface area contributed by atoms with E-state index in [1.807, 2.05) is 9.80 Å². The molecule has 0 N–H and O–H groups in total. The fourth-order valence-electron chi connectivity index (χ4n) is 4.02. The van der Waals surface area contributed by atoms with Gasteiger partial charge < -0.3 is 28.3 Å². The third-order valence-corrected chi connectivity index (χ3v) is 5.70. The maximum Gasteiger partial charge on any atom is 0.409 e. The molecular weight excluding hydrogens is 402 g/mol. The van der Waals surface area contributed by atoms with Gasteiger partial charge in [-0.3, -0.25) is 4.79 Å². The number of aromatic nitrogens is 1. The monoisotopic (exact) mass is 427 g/mol. The van der Waals surface area contributed by atoms with Gasteiger partial charge in [0.2, 0.25) is 17.5 Å². The number of rotatable bonds is 4. The van der Waals surface area contributed by atoms with Crippen LogP contribution in [-0.2, 0) is 9.53 Å². The molecule has 2 fully saturated rings. The van der Waals surface area contributed by atoms with Gasteiger partial charge in [0.1, 0.15) is 6.07 Å². The fourth-order valence-corrected chi connectivity index (χ4v) is 4.02. The molecule has 0 saturated carbocycles. The van der Waals surface area contributed by atoms with Crippen LogP contribution in [0.4, 0.5) is 10.7 Å². The number of nitriles is 1. The summed E-state index contributed by atoms with van der Waals surface area (Å²) >= 11 is 0. The molecule has 0 bridgehead atoms. The van der Waals surface area contributed by atoms with Crippen LogP contribution in [0.3, 0.4) is 0 Å². The SMILES string of the molecule is CCOC(=O)N1CCN(C(=O)C2CCN(c3oc(-c4ccco4)nc3C#N)CC2)CC1. The summed E-state index contributed by atoms with van der Waals surface area (Å²) in [7, 11) is 0. The Balaban J connectivity index is 1.33. The van der Waals surface area contributed by atoms with Crippen molar-refractivity contribution >= 4 is 17.9 Å². The molecule has 0 aliphatic carbocycles. The second kappa shape index (κ2) is 9.12. The van der Waals surface area contributed by atoms with Crippen molar-refractivity contribution in [2.75, 3.05) is 50.8 Å². The lowest BCUT2D eigenvalue weighted by atomic mass is 9.95. The van der Waals surface area contributed by atoms with E-state index < -0.39 is 0 Å². The Labute approximate surface area is 180 Å². The van der Waals surface area contributed by atoms with Crippen molar-refractivity contribution in [3.63, 3.8) is 0 Å². The van der Waals surface area contributed by atoms with E-state index >= 15 is 0 Å². The van der Waals surface area contributed by atoms with E-state index in [1.54, 1.807) is 24.0 Å². The minimum atomic E-state index is -0.322. The molecule has 2 aliphatic heterocycles. The molecule has 10 heteroatoms. The van der Waals surface area contributed by atoms with Crippen LogP contribution in [-0.4, -0.2) is 72.7 Å². The lowest BCUT2D eigenvalue weighted by Crippen LogP contribution is -2.53. The molecule has 2 aliphatic rings. The van der Waals surface area contributed by atoms with Crippen LogP contribution in [0.1, 0.15) is 25.5 Å². The number of piperazine rings is 1. The minimum Gasteiger partial charge on any atom is -0.459 e. The highest BCUT2D eigenvalue weighted by Gasteiger charge is 2.33. The van der Waals surface area contributed by atoms with E-state index in [0.29, 0.717) is 70.4 Å². The zero-order chi connectivity index (χ0) is 21.8. The second-order valence-electron chi connectivity index (χ2n) is 7.53. The summed E-state index contributed by atoms with van der Waals surface area (Å²) in [6, 6.07) is 5.53. The Kier molecular flexibility index (Phi) is 6.11. The number of hydrogen-bond donors (Lipinski definition) is 0. The van der Waals surface area contributed by atoms with Gasteiger partial charge in [0.25, 0.3) is 5.89 Å². The molecule has 0 spiro atoms. The van der Waals surface area contributed by atoms with Crippen LogP contribution < -0.4 is 4.90 Å². The molecule has 0 aromatic carbocycles. The fraction of sp³-hybridized carbons (Fsp3) is 0.524.